The molecule has 0 aliphatic rings. The molecule has 3 N–H and O–H groups in total. The van der Waals surface area contributed by atoms with E-state index < -0.39 is 5.97 Å². The van der Waals surface area contributed by atoms with Gasteiger partial charge in [0.2, 0.25) is 0 Å². The number of carboxylic acids is 1. The lowest BCUT2D eigenvalue weighted by Crippen LogP contribution is -1.95. The summed E-state index contributed by atoms with van der Waals surface area (Å²) < 4.78 is 0. The van der Waals surface area contributed by atoms with Gasteiger partial charge in [0, 0.05) is 10.6 Å². The third-order valence-corrected chi connectivity index (χ3v) is 2.85. The van der Waals surface area contributed by atoms with Crippen LogP contribution < -0.4 is 0 Å². The summed E-state index contributed by atoms with van der Waals surface area (Å²) in [4.78, 5) is 10.7. The molecule has 0 saturated heterocycles. The van der Waals surface area contributed by atoms with E-state index in [1.54, 1.807) is 13.0 Å². The Kier molecular flexibility index (Phi) is 2.77. The molecule has 0 spiro atoms. The number of phenolic OH excluding ortho intramolecular Hbond substituents is 1. The monoisotopic (exact) mass is 252 g/mol. The minimum absolute atomic E-state index is 0.00957. The van der Waals surface area contributed by atoms with Crippen molar-refractivity contribution in [3.05, 3.63) is 34.5 Å². The standard InChI is InChI=1S/C11H9ClN2O3/c1-5-6(12)2-3-9(15)10(5)7-4-8(11(16)17)14-13-7/h2-4,15H,1H3,(H,13,14)(H,16,17). The Labute approximate surface area is 102 Å². The summed E-state index contributed by atoms with van der Waals surface area (Å²) in [6.07, 6.45) is 0. The summed E-state index contributed by atoms with van der Waals surface area (Å²) >= 11 is 5.94. The maximum absolute atomic E-state index is 10.7. The molecule has 0 radical (unpaired) electrons. The number of carbonyl (C=O) groups is 1. The van der Waals surface area contributed by atoms with Crippen LogP contribution in [0, 0.1) is 6.92 Å². The lowest BCUT2D eigenvalue weighted by atomic mass is 10.0. The molecular formula is C11H9ClN2O3. The molecule has 0 unspecified atom stereocenters. The zero-order chi connectivity index (χ0) is 12.6. The molecule has 1 heterocycles. The molecule has 6 heteroatoms. The van der Waals surface area contributed by atoms with Crippen LogP contribution in [-0.2, 0) is 0 Å². The van der Waals surface area contributed by atoms with Gasteiger partial charge in [0.15, 0.2) is 0 Å². The highest BCUT2D eigenvalue weighted by molar-refractivity contribution is 6.31. The Hall–Kier alpha value is -2.01. The van der Waals surface area contributed by atoms with E-state index >= 15 is 0 Å². The van der Waals surface area contributed by atoms with E-state index in [9.17, 15) is 9.90 Å². The number of carboxylic acid groups (broad SMARTS) is 1. The molecule has 1 aromatic heterocycles. The topological polar surface area (TPSA) is 86.2 Å². The average molecular weight is 253 g/mol. The van der Waals surface area contributed by atoms with Crippen molar-refractivity contribution in [3.8, 4) is 17.0 Å². The Morgan fingerprint density at radius 2 is 2.18 bits per heavy atom. The van der Waals surface area contributed by atoms with Crippen LogP contribution in [0.4, 0.5) is 0 Å². The van der Waals surface area contributed by atoms with Gasteiger partial charge in [0.25, 0.3) is 0 Å². The van der Waals surface area contributed by atoms with Gasteiger partial charge in [0.1, 0.15) is 11.4 Å². The van der Waals surface area contributed by atoms with Gasteiger partial charge in [-0.25, -0.2) is 4.79 Å². The van der Waals surface area contributed by atoms with Crippen LogP contribution in [-0.4, -0.2) is 26.4 Å². The number of halogens is 1. The summed E-state index contributed by atoms with van der Waals surface area (Å²) in [6.45, 7) is 1.73. The Morgan fingerprint density at radius 1 is 1.47 bits per heavy atom. The second-order valence-corrected chi connectivity index (χ2v) is 3.95. The largest absolute Gasteiger partial charge is 0.507 e. The van der Waals surface area contributed by atoms with Crippen molar-refractivity contribution in [2.75, 3.05) is 0 Å². The zero-order valence-corrected chi connectivity index (χ0v) is 9.62. The number of H-pyrrole nitrogens is 1. The lowest BCUT2D eigenvalue weighted by Gasteiger charge is -2.06. The SMILES string of the molecule is Cc1c(Cl)ccc(O)c1-c1cc(C(=O)O)[nH]n1. The van der Waals surface area contributed by atoms with Gasteiger partial charge < -0.3 is 10.2 Å². The summed E-state index contributed by atoms with van der Waals surface area (Å²) in [7, 11) is 0. The highest BCUT2D eigenvalue weighted by atomic mass is 35.5. The van der Waals surface area contributed by atoms with Crippen molar-refractivity contribution in [1.82, 2.24) is 10.2 Å². The third-order valence-electron chi connectivity index (χ3n) is 2.44. The average Bonchev–Trinajstić information content (AvgIpc) is 2.73. The summed E-state index contributed by atoms with van der Waals surface area (Å²) in [5, 5.41) is 25.2. The Morgan fingerprint density at radius 3 is 2.76 bits per heavy atom. The predicted molar refractivity (Wildman–Crippen MR) is 62.4 cm³/mol. The Bertz CT molecular complexity index is 592. The van der Waals surface area contributed by atoms with Crippen LogP contribution in [0.15, 0.2) is 18.2 Å². The predicted octanol–water partition coefficient (Wildman–Crippen LogP) is 2.44. The first-order valence-corrected chi connectivity index (χ1v) is 5.15. The fraction of sp³-hybridized carbons (Fsp3) is 0.0909. The number of benzene rings is 1. The molecule has 0 amide bonds. The van der Waals surface area contributed by atoms with Gasteiger partial charge in [-0.1, -0.05) is 11.6 Å². The van der Waals surface area contributed by atoms with E-state index in [1.165, 1.54) is 12.1 Å². The van der Waals surface area contributed by atoms with E-state index in [2.05, 4.69) is 10.2 Å². The van der Waals surface area contributed by atoms with E-state index in [0.29, 0.717) is 21.8 Å². The van der Waals surface area contributed by atoms with E-state index in [4.69, 9.17) is 16.7 Å². The molecule has 1 aromatic carbocycles. The second kappa shape index (κ2) is 4.10. The fourth-order valence-electron chi connectivity index (χ4n) is 1.55. The van der Waals surface area contributed by atoms with Gasteiger partial charge in [0.05, 0.1) is 5.69 Å². The first-order valence-electron chi connectivity index (χ1n) is 4.78. The van der Waals surface area contributed by atoms with Crippen molar-refractivity contribution in [2.45, 2.75) is 6.92 Å². The minimum Gasteiger partial charge on any atom is -0.507 e. The smallest absolute Gasteiger partial charge is 0.353 e. The number of aromatic amines is 1. The van der Waals surface area contributed by atoms with Crippen LogP contribution >= 0.6 is 11.6 Å². The fourth-order valence-corrected chi connectivity index (χ4v) is 1.71. The number of aromatic nitrogens is 2. The molecule has 0 aliphatic carbocycles. The van der Waals surface area contributed by atoms with Crippen molar-refractivity contribution in [1.29, 1.82) is 0 Å². The van der Waals surface area contributed by atoms with Crippen LogP contribution in [0.2, 0.25) is 5.02 Å². The highest BCUT2D eigenvalue weighted by Gasteiger charge is 2.15. The van der Waals surface area contributed by atoms with E-state index in [1.807, 2.05) is 0 Å². The zero-order valence-electron chi connectivity index (χ0n) is 8.86. The van der Waals surface area contributed by atoms with Gasteiger partial charge in [-0.2, -0.15) is 5.10 Å². The molecule has 0 saturated carbocycles. The third kappa shape index (κ3) is 1.97. The normalized spacial score (nSPS) is 10.5. The second-order valence-electron chi connectivity index (χ2n) is 3.54. The molecule has 0 fully saturated rings. The molecule has 0 bridgehead atoms. The number of hydrogen-bond donors (Lipinski definition) is 3. The highest BCUT2D eigenvalue weighted by Crippen LogP contribution is 2.35. The van der Waals surface area contributed by atoms with Gasteiger partial charge in [-0.05, 0) is 30.7 Å². The Balaban J connectivity index is 2.60. The molecule has 2 aromatic rings. The molecular weight excluding hydrogens is 244 g/mol. The maximum atomic E-state index is 10.7. The van der Waals surface area contributed by atoms with Crippen molar-refractivity contribution >= 4 is 17.6 Å². The van der Waals surface area contributed by atoms with Crippen molar-refractivity contribution < 1.29 is 15.0 Å². The van der Waals surface area contributed by atoms with Gasteiger partial charge in [-0.3, -0.25) is 5.10 Å². The van der Waals surface area contributed by atoms with Crippen LogP contribution in [0.1, 0.15) is 16.1 Å². The number of nitrogens with one attached hydrogen (secondary N) is 1. The van der Waals surface area contributed by atoms with Crippen LogP contribution in [0.5, 0.6) is 5.75 Å². The summed E-state index contributed by atoms with van der Waals surface area (Å²) in [5.41, 5.74) is 1.38. The van der Waals surface area contributed by atoms with E-state index in [-0.39, 0.29) is 11.4 Å². The number of aromatic carboxylic acids is 1. The van der Waals surface area contributed by atoms with E-state index in [0.717, 1.165) is 0 Å². The first kappa shape index (κ1) is 11.5. The number of rotatable bonds is 2. The number of phenols is 1. The molecule has 0 aliphatic heterocycles. The molecule has 17 heavy (non-hydrogen) atoms. The maximum Gasteiger partial charge on any atom is 0.353 e. The summed E-state index contributed by atoms with van der Waals surface area (Å²) in [6, 6.07) is 4.36. The van der Waals surface area contributed by atoms with Gasteiger partial charge >= 0.3 is 5.97 Å². The molecule has 88 valence electrons. The number of nitrogens with zero attached hydrogens (tertiary/aromatic N) is 1. The molecule has 0 atom stereocenters. The van der Waals surface area contributed by atoms with Crippen LogP contribution in [0.25, 0.3) is 11.3 Å². The van der Waals surface area contributed by atoms with Crippen LogP contribution in [0.3, 0.4) is 0 Å². The first-order chi connectivity index (χ1) is 8.00. The number of aromatic hydroxyl groups is 1. The van der Waals surface area contributed by atoms with Gasteiger partial charge in [-0.15, -0.1) is 0 Å². The van der Waals surface area contributed by atoms with Crippen molar-refractivity contribution in [2.24, 2.45) is 0 Å². The minimum atomic E-state index is -1.11. The molecule has 5 nitrogen and oxygen atoms in total. The van der Waals surface area contributed by atoms with Crippen molar-refractivity contribution in [3.63, 3.8) is 0 Å². The quantitative estimate of drug-likeness (QED) is 0.766. The molecule has 2 rings (SSSR count). The lowest BCUT2D eigenvalue weighted by molar-refractivity contribution is 0.0690. The summed E-state index contributed by atoms with van der Waals surface area (Å²) in [5.74, 6) is -1.10. The number of hydrogen-bond acceptors (Lipinski definition) is 3.